The highest BCUT2D eigenvalue weighted by Gasteiger charge is 2.24. The molecule has 0 amide bonds. The van der Waals surface area contributed by atoms with Crippen molar-refractivity contribution >= 4 is 23.6 Å². The molecule has 4 heteroatoms. The molecule has 0 spiro atoms. The van der Waals surface area contributed by atoms with E-state index in [-0.39, 0.29) is 6.04 Å². The van der Waals surface area contributed by atoms with Crippen molar-refractivity contribution in [2.24, 2.45) is 0 Å². The number of halogens is 1. The lowest BCUT2D eigenvalue weighted by Gasteiger charge is -2.34. The summed E-state index contributed by atoms with van der Waals surface area (Å²) < 4.78 is 0. The normalized spacial score (nSPS) is 19.8. The Hall–Kier alpha value is -1.53. The fraction of sp³-hybridized carbons (Fsp3) is 0.385. The lowest BCUT2D eigenvalue weighted by atomic mass is 10.0. The van der Waals surface area contributed by atoms with Crippen LogP contribution in [0.3, 0.4) is 0 Å². The highest BCUT2D eigenvalue weighted by Crippen LogP contribution is 2.29. The standard InChI is InChI=1S/C13H13ClN2O/c14-11-5-4-10(8-15)13(7-11)16-6-2-1-3-12(16)9-17/h4-5,7,9,12H,1-3,6H2. The zero-order valence-electron chi connectivity index (χ0n) is 9.40. The molecule has 1 aromatic carbocycles. The third-order valence-corrected chi connectivity index (χ3v) is 3.33. The Kier molecular flexibility index (Phi) is 3.65. The molecule has 0 bridgehead atoms. The van der Waals surface area contributed by atoms with E-state index >= 15 is 0 Å². The third-order valence-electron chi connectivity index (χ3n) is 3.10. The summed E-state index contributed by atoms with van der Waals surface area (Å²) in [6.07, 6.45) is 3.91. The van der Waals surface area contributed by atoms with Crippen molar-refractivity contribution in [3.8, 4) is 6.07 Å². The van der Waals surface area contributed by atoms with Gasteiger partial charge in [0.25, 0.3) is 0 Å². The first-order chi connectivity index (χ1) is 8.26. The molecule has 1 unspecified atom stereocenters. The van der Waals surface area contributed by atoms with Gasteiger partial charge in [0, 0.05) is 11.6 Å². The fourth-order valence-electron chi connectivity index (χ4n) is 2.23. The number of carbonyl (C=O) groups is 1. The molecular weight excluding hydrogens is 236 g/mol. The van der Waals surface area contributed by atoms with E-state index in [1.807, 2.05) is 4.90 Å². The average molecular weight is 249 g/mol. The van der Waals surface area contributed by atoms with Gasteiger partial charge in [-0.25, -0.2) is 0 Å². The second kappa shape index (κ2) is 5.20. The lowest BCUT2D eigenvalue weighted by Crippen LogP contribution is -2.41. The van der Waals surface area contributed by atoms with Crippen LogP contribution in [0.4, 0.5) is 5.69 Å². The number of anilines is 1. The summed E-state index contributed by atoms with van der Waals surface area (Å²) >= 11 is 5.96. The number of benzene rings is 1. The van der Waals surface area contributed by atoms with Gasteiger partial charge in [-0.3, -0.25) is 0 Å². The molecule has 17 heavy (non-hydrogen) atoms. The van der Waals surface area contributed by atoms with Gasteiger partial charge in [0.1, 0.15) is 12.4 Å². The summed E-state index contributed by atoms with van der Waals surface area (Å²) in [6, 6.07) is 7.18. The summed E-state index contributed by atoms with van der Waals surface area (Å²) in [4.78, 5) is 13.1. The first-order valence-corrected chi connectivity index (χ1v) is 6.05. The number of nitrogens with zero attached hydrogens (tertiary/aromatic N) is 2. The summed E-state index contributed by atoms with van der Waals surface area (Å²) in [5.74, 6) is 0. The van der Waals surface area contributed by atoms with Gasteiger partial charge in [-0.2, -0.15) is 5.26 Å². The monoisotopic (exact) mass is 248 g/mol. The third kappa shape index (κ3) is 2.42. The van der Waals surface area contributed by atoms with Crippen LogP contribution in [0, 0.1) is 11.3 Å². The first-order valence-electron chi connectivity index (χ1n) is 5.68. The van der Waals surface area contributed by atoms with Crippen LogP contribution in [0.25, 0.3) is 0 Å². The van der Waals surface area contributed by atoms with E-state index in [0.717, 1.165) is 37.8 Å². The maximum Gasteiger partial charge on any atom is 0.142 e. The van der Waals surface area contributed by atoms with Gasteiger partial charge < -0.3 is 9.69 Å². The van der Waals surface area contributed by atoms with Crippen LogP contribution < -0.4 is 4.90 Å². The molecule has 0 aromatic heterocycles. The van der Waals surface area contributed by atoms with E-state index in [4.69, 9.17) is 16.9 Å². The van der Waals surface area contributed by atoms with Crippen molar-refractivity contribution in [3.05, 3.63) is 28.8 Å². The van der Waals surface area contributed by atoms with Crippen LogP contribution >= 0.6 is 11.6 Å². The second-order valence-corrected chi connectivity index (χ2v) is 4.60. The number of aldehydes is 1. The maximum absolute atomic E-state index is 11.1. The Morgan fingerprint density at radius 2 is 2.29 bits per heavy atom. The molecule has 0 N–H and O–H groups in total. The smallest absolute Gasteiger partial charge is 0.142 e. The van der Waals surface area contributed by atoms with Gasteiger partial charge in [-0.05, 0) is 37.5 Å². The molecule has 1 aliphatic rings. The molecule has 1 aromatic rings. The molecule has 1 atom stereocenters. The van der Waals surface area contributed by atoms with Crippen molar-refractivity contribution in [2.45, 2.75) is 25.3 Å². The van der Waals surface area contributed by atoms with Gasteiger partial charge in [0.05, 0.1) is 17.3 Å². The number of piperidine rings is 1. The SMILES string of the molecule is N#Cc1ccc(Cl)cc1N1CCCCC1C=O. The first kappa shape index (κ1) is 11.9. The van der Waals surface area contributed by atoms with Crippen LogP contribution in [0.5, 0.6) is 0 Å². The predicted octanol–water partition coefficient (Wildman–Crippen LogP) is 2.77. The van der Waals surface area contributed by atoms with Crippen molar-refractivity contribution in [3.63, 3.8) is 0 Å². The van der Waals surface area contributed by atoms with E-state index in [2.05, 4.69) is 6.07 Å². The van der Waals surface area contributed by atoms with Gasteiger partial charge in [-0.1, -0.05) is 11.6 Å². The highest BCUT2D eigenvalue weighted by atomic mass is 35.5. The molecule has 1 saturated heterocycles. The Balaban J connectivity index is 2.40. The van der Waals surface area contributed by atoms with Gasteiger partial charge >= 0.3 is 0 Å². The van der Waals surface area contributed by atoms with Crippen LogP contribution in [-0.2, 0) is 4.79 Å². The van der Waals surface area contributed by atoms with Crippen molar-refractivity contribution in [1.82, 2.24) is 0 Å². The van der Waals surface area contributed by atoms with Crippen LogP contribution in [0.2, 0.25) is 5.02 Å². The highest BCUT2D eigenvalue weighted by molar-refractivity contribution is 6.30. The van der Waals surface area contributed by atoms with Crippen LogP contribution in [0.1, 0.15) is 24.8 Å². The summed E-state index contributed by atoms with van der Waals surface area (Å²) in [6.45, 7) is 0.804. The molecule has 88 valence electrons. The Bertz CT molecular complexity index is 467. The fourth-order valence-corrected chi connectivity index (χ4v) is 2.40. The van der Waals surface area contributed by atoms with E-state index in [0.29, 0.717) is 10.6 Å². The predicted molar refractivity (Wildman–Crippen MR) is 67.2 cm³/mol. The Morgan fingerprint density at radius 1 is 1.47 bits per heavy atom. The largest absolute Gasteiger partial charge is 0.361 e. The van der Waals surface area contributed by atoms with Crippen LogP contribution in [0.15, 0.2) is 18.2 Å². The van der Waals surface area contributed by atoms with Crippen molar-refractivity contribution in [1.29, 1.82) is 5.26 Å². The Morgan fingerprint density at radius 3 is 3.00 bits per heavy atom. The van der Waals surface area contributed by atoms with Gasteiger partial charge in [-0.15, -0.1) is 0 Å². The molecule has 1 aliphatic heterocycles. The summed E-state index contributed by atoms with van der Waals surface area (Å²) in [5.41, 5.74) is 1.35. The molecule has 1 heterocycles. The van der Waals surface area contributed by atoms with E-state index in [1.54, 1.807) is 18.2 Å². The number of hydrogen-bond donors (Lipinski definition) is 0. The quantitative estimate of drug-likeness (QED) is 0.756. The average Bonchev–Trinajstić information content (AvgIpc) is 2.38. The molecular formula is C13H13ClN2O. The lowest BCUT2D eigenvalue weighted by molar-refractivity contribution is -0.109. The molecule has 0 saturated carbocycles. The van der Waals surface area contributed by atoms with E-state index in [9.17, 15) is 4.79 Å². The molecule has 1 fully saturated rings. The minimum Gasteiger partial charge on any atom is -0.361 e. The van der Waals surface area contributed by atoms with Crippen LogP contribution in [-0.4, -0.2) is 18.9 Å². The zero-order chi connectivity index (χ0) is 12.3. The van der Waals surface area contributed by atoms with Gasteiger partial charge in [0.2, 0.25) is 0 Å². The van der Waals surface area contributed by atoms with E-state index in [1.165, 1.54) is 0 Å². The van der Waals surface area contributed by atoms with Gasteiger partial charge in [0.15, 0.2) is 0 Å². The number of carbonyl (C=O) groups excluding carboxylic acids is 1. The van der Waals surface area contributed by atoms with Crippen molar-refractivity contribution in [2.75, 3.05) is 11.4 Å². The Labute approximate surface area is 106 Å². The number of hydrogen-bond acceptors (Lipinski definition) is 3. The summed E-state index contributed by atoms with van der Waals surface area (Å²) in [5, 5.41) is 9.68. The van der Waals surface area contributed by atoms with Crippen molar-refractivity contribution < 1.29 is 4.79 Å². The number of rotatable bonds is 2. The summed E-state index contributed by atoms with van der Waals surface area (Å²) in [7, 11) is 0. The van der Waals surface area contributed by atoms with E-state index < -0.39 is 0 Å². The molecule has 3 nitrogen and oxygen atoms in total. The maximum atomic E-state index is 11.1. The molecule has 0 aliphatic carbocycles. The molecule has 0 radical (unpaired) electrons. The molecule has 2 rings (SSSR count). The minimum absolute atomic E-state index is 0.130. The number of nitriles is 1. The zero-order valence-corrected chi connectivity index (χ0v) is 10.2. The topological polar surface area (TPSA) is 44.1 Å². The second-order valence-electron chi connectivity index (χ2n) is 4.17. The minimum atomic E-state index is -0.130.